The number of furan rings is 1. The SMILES string of the molecule is CC[C@]1(C)NC(=O)N(NC(=O)c2oc3c(Cl)cccc3c2C)C1=O. The second-order valence-electron chi connectivity index (χ2n) is 5.87. The molecule has 2 N–H and O–H groups in total. The molecule has 1 atom stereocenters. The molecule has 2 aromatic rings. The molecule has 2 heterocycles. The molecule has 1 saturated heterocycles. The quantitative estimate of drug-likeness (QED) is 0.833. The normalized spacial score (nSPS) is 20.6. The van der Waals surface area contributed by atoms with Crippen molar-refractivity contribution in [3.8, 4) is 0 Å². The van der Waals surface area contributed by atoms with Crippen molar-refractivity contribution < 1.29 is 18.8 Å². The standard InChI is InChI=1S/C16H16ClN3O4/c1-4-16(3)14(22)20(15(23)18-16)19-13(21)11-8(2)9-6-5-7-10(17)12(9)24-11/h5-7H,4H2,1-3H3,(H,18,23)(H,19,21)/t16-/m0/s1. The van der Waals surface area contributed by atoms with Gasteiger partial charge in [-0.1, -0.05) is 30.7 Å². The predicted molar refractivity (Wildman–Crippen MR) is 87.5 cm³/mol. The molecule has 0 aliphatic carbocycles. The van der Waals surface area contributed by atoms with Gasteiger partial charge in [-0.05, 0) is 26.3 Å². The van der Waals surface area contributed by atoms with Crippen LogP contribution in [0, 0.1) is 6.92 Å². The zero-order valence-corrected chi connectivity index (χ0v) is 14.2. The highest BCUT2D eigenvalue weighted by molar-refractivity contribution is 6.35. The van der Waals surface area contributed by atoms with E-state index in [0.717, 1.165) is 0 Å². The third-order valence-electron chi connectivity index (χ3n) is 4.30. The molecule has 1 aliphatic rings. The molecular weight excluding hydrogens is 334 g/mol. The number of fused-ring (bicyclic) bond motifs is 1. The van der Waals surface area contributed by atoms with Crippen LogP contribution in [-0.2, 0) is 4.79 Å². The first-order valence-corrected chi connectivity index (χ1v) is 7.81. The zero-order chi connectivity index (χ0) is 17.6. The molecule has 0 unspecified atom stereocenters. The molecule has 3 rings (SSSR count). The topological polar surface area (TPSA) is 91.7 Å². The van der Waals surface area contributed by atoms with E-state index in [1.54, 1.807) is 39.0 Å². The van der Waals surface area contributed by atoms with E-state index in [0.29, 0.717) is 33.0 Å². The average molecular weight is 350 g/mol. The van der Waals surface area contributed by atoms with Crippen molar-refractivity contribution in [1.82, 2.24) is 15.8 Å². The van der Waals surface area contributed by atoms with Crippen molar-refractivity contribution >= 4 is 40.4 Å². The number of carbonyl (C=O) groups is 3. The highest BCUT2D eigenvalue weighted by atomic mass is 35.5. The van der Waals surface area contributed by atoms with Crippen LogP contribution in [0.25, 0.3) is 11.0 Å². The number of rotatable bonds is 3. The van der Waals surface area contributed by atoms with Gasteiger partial charge in [-0.15, -0.1) is 0 Å². The fraction of sp³-hybridized carbons (Fsp3) is 0.312. The van der Waals surface area contributed by atoms with E-state index in [1.165, 1.54) is 0 Å². The number of urea groups is 1. The molecule has 24 heavy (non-hydrogen) atoms. The fourth-order valence-corrected chi connectivity index (χ4v) is 2.82. The molecule has 1 fully saturated rings. The number of hydrogen-bond donors (Lipinski definition) is 2. The van der Waals surface area contributed by atoms with Crippen LogP contribution in [0.2, 0.25) is 5.02 Å². The van der Waals surface area contributed by atoms with E-state index in [1.807, 2.05) is 0 Å². The van der Waals surface area contributed by atoms with Crippen LogP contribution < -0.4 is 10.7 Å². The third kappa shape index (κ3) is 2.32. The molecule has 1 aromatic heterocycles. The summed E-state index contributed by atoms with van der Waals surface area (Å²) in [5, 5.41) is 4.31. The zero-order valence-electron chi connectivity index (χ0n) is 13.4. The highest BCUT2D eigenvalue weighted by Crippen LogP contribution is 2.30. The first kappa shape index (κ1) is 16.3. The van der Waals surface area contributed by atoms with E-state index in [2.05, 4.69) is 10.7 Å². The first-order chi connectivity index (χ1) is 11.3. The Labute approximate surface area is 142 Å². The lowest BCUT2D eigenvalue weighted by Crippen LogP contribution is -2.48. The van der Waals surface area contributed by atoms with Crippen LogP contribution in [0.5, 0.6) is 0 Å². The maximum Gasteiger partial charge on any atom is 0.344 e. The Bertz CT molecular complexity index is 876. The number of imide groups is 1. The minimum atomic E-state index is -1.03. The van der Waals surface area contributed by atoms with Gasteiger partial charge < -0.3 is 9.73 Å². The average Bonchev–Trinajstić information content (AvgIpc) is 2.99. The molecule has 1 aromatic carbocycles. The van der Waals surface area contributed by atoms with Crippen molar-refractivity contribution in [2.24, 2.45) is 0 Å². The number of aryl methyl sites for hydroxylation is 1. The van der Waals surface area contributed by atoms with Crippen LogP contribution in [0.4, 0.5) is 4.79 Å². The highest BCUT2D eigenvalue weighted by Gasteiger charge is 2.47. The van der Waals surface area contributed by atoms with Gasteiger partial charge in [0.05, 0.1) is 5.02 Å². The molecule has 0 spiro atoms. The van der Waals surface area contributed by atoms with Crippen LogP contribution in [0.15, 0.2) is 22.6 Å². The summed E-state index contributed by atoms with van der Waals surface area (Å²) in [6, 6.07) is 4.50. The smallest absolute Gasteiger partial charge is 0.344 e. The summed E-state index contributed by atoms with van der Waals surface area (Å²) in [5.74, 6) is -1.21. The van der Waals surface area contributed by atoms with E-state index in [4.69, 9.17) is 16.0 Å². The first-order valence-electron chi connectivity index (χ1n) is 7.44. The van der Waals surface area contributed by atoms with Gasteiger partial charge in [0, 0.05) is 10.9 Å². The number of para-hydroxylation sites is 1. The van der Waals surface area contributed by atoms with E-state index in [9.17, 15) is 14.4 Å². The number of halogens is 1. The Kier molecular flexibility index (Phi) is 3.76. The summed E-state index contributed by atoms with van der Waals surface area (Å²) in [7, 11) is 0. The molecule has 0 bridgehead atoms. The maximum absolute atomic E-state index is 12.5. The summed E-state index contributed by atoms with van der Waals surface area (Å²) in [4.78, 5) is 36.8. The summed E-state index contributed by atoms with van der Waals surface area (Å²) in [5.41, 5.74) is 2.24. The van der Waals surface area contributed by atoms with Crippen LogP contribution in [0.1, 0.15) is 36.4 Å². The lowest BCUT2D eigenvalue weighted by molar-refractivity contribution is -0.132. The van der Waals surface area contributed by atoms with Crippen molar-refractivity contribution in [2.45, 2.75) is 32.7 Å². The largest absolute Gasteiger partial charge is 0.449 e. The Hall–Kier alpha value is -2.54. The summed E-state index contributed by atoms with van der Waals surface area (Å²) in [6.45, 7) is 5.08. The number of carbonyl (C=O) groups excluding carboxylic acids is 3. The Morgan fingerprint density at radius 2 is 2.12 bits per heavy atom. The molecule has 8 heteroatoms. The number of amides is 4. The molecule has 7 nitrogen and oxygen atoms in total. The van der Waals surface area contributed by atoms with Crippen LogP contribution in [0.3, 0.4) is 0 Å². The molecular formula is C16H16ClN3O4. The van der Waals surface area contributed by atoms with Gasteiger partial charge in [0.1, 0.15) is 5.54 Å². The maximum atomic E-state index is 12.5. The fourth-order valence-electron chi connectivity index (χ4n) is 2.60. The van der Waals surface area contributed by atoms with Crippen molar-refractivity contribution in [1.29, 1.82) is 0 Å². The lowest BCUT2D eigenvalue weighted by Gasteiger charge is -2.19. The van der Waals surface area contributed by atoms with Crippen molar-refractivity contribution in [2.75, 3.05) is 0 Å². The number of nitrogens with zero attached hydrogens (tertiary/aromatic N) is 1. The molecule has 0 radical (unpaired) electrons. The number of hydrazine groups is 1. The van der Waals surface area contributed by atoms with Crippen LogP contribution in [-0.4, -0.2) is 28.4 Å². The van der Waals surface area contributed by atoms with Gasteiger partial charge in [-0.3, -0.25) is 9.59 Å². The van der Waals surface area contributed by atoms with Gasteiger partial charge in [0.2, 0.25) is 0 Å². The summed E-state index contributed by atoms with van der Waals surface area (Å²) >= 11 is 6.07. The molecule has 126 valence electrons. The summed E-state index contributed by atoms with van der Waals surface area (Å²) in [6.07, 6.45) is 0.406. The Balaban J connectivity index is 1.91. The Morgan fingerprint density at radius 3 is 2.71 bits per heavy atom. The van der Waals surface area contributed by atoms with Crippen molar-refractivity contribution in [3.63, 3.8) is 0 Å². The molecule has 0 saturated carbocycles. The second kappa shape index (κ2) is 5.52. The lowest BCUT2D eigenvalue weighted by atomic mass is 10.00. The van der Waals surface area contributed by atoms with E-state index in [-0.39, 0.29) is 5.76 Å². The number of nitrogens with one attached hydrogen (secondary N) is 2. The van der Waals surface area contributed by atoms with Gasteiger partial charge in [0.15, 0.2) is 11.3 Å². The van der Waals surface area contributed by atoms with E-state index >= 15 is 0 Å². The van der Waals surface area contributed by atoms with Gasteiger partial charge in [-0.2, -0.15) is 5.01 Å². The summed E-state index contributed by atoms with van der Waals surface area (Å²) < 4.78 is 5.54. The Morgan fingerprint density at radius 1 is 1.42 bits per heavy atom. The minimum Gasteiger partial charge on any atom is -0.449 e. The van der Waals surface area contributed by atoms with Crippen LogP contribution >= 0.6 is 11.6 Å². The molecule has 4 amide bonds. The van der Waals surface area contributed by atoms with Gasteiger partial charge in [-0.25, -0.2) is 10.2 Å². The third-order valence-corrected chi connectivity index (χ3v) is 4.60. The van der Waals surface area contributed by atoms with Gasteiger partial charge in [0.25, 0.3) is 5.91 Å². The number of hydrogen-bond acceptors (Lipinski definition) is 4. The predicted octanol–water partition coefficient (Wildman–Crippen LogP) is 2.76. The van der Waals surface area contributed by atoms with Crippen molar-refractivity contribution in [3.05, 3.63) is 34.5 Å². The minimum absolute atomic E-state index is 0.00352. The number of benzene rings is 1. The second-order valence-corrected chi connectivity index (χ2v) is 6.28. The molecule has 1 aliphatic heterocycles. The van der Waals surface area contributed by atoms with Gasteiger partial charge >= 0.3 is 11.9 Å². The monoisotopic (exact) mass is 349 g/mol. The van der Waals surface area contributed by atoms with E-state index < -0.39 is 23.4 Å².